The first-order chi connectivity index (χ1) is 18.2. The summed E-state index contributed by atoms with van der Waals surface area (Å²) in [7, 11) is 2.78. The number of thioether (sulfide) groups is 1. The molecule has 2 aromatic carbocycles. The number of amides is 4. The topological polar surface area (TPSA) is 126 Å². The van der Waals surface area contributed by atoms with Crippen LogP contribution in [0.4, 0.5) is 4.79 Å². The molecule has 0 bridgehead atoms. The molecule has 3 N–H and O–H groups in total. The summed E-state index contributed by atoms with van der Waals surface area (Å²) >= 11 is 1.01. The number of methoxy groups -OCH3 is 2. The normalized spacial score (nSPS) is 21.2. The van der Waals surface area contributed by atoms with Gasteiger partial charge in [-0.25, -0.2) is 14.5 Å². The second-order valence-electron chi connectivity index (χ2n) is 9.18. The van der Waals surface area contributed by atoms with E-state index in [9.17, 15) is 19.2 Å². The van der Waals surface area contributed by atoms with Gasteiger partial charge in [-0.05, 0) is 40.1 Å². The number of urea groups is 1. The molecule has 2 unspecified atom stereocenters. The Hall–Kier alpha value is -3.99. The van der Waals surface area contributed by atoms with Crippen LogP contribution in [-0.2, 0) is 25.5 Å². The van der Waals surface area contributed by atoms with Gasteiger partial charge in [0.2, 0.25) is 5.91 Å². The maximum absolute atomic E-state index is 13.7. The zero-order valence-corrected chi connectivity index (χ0v) is 22.3. The smallest absolute Gasteiger partial charge is 0.364 e. The van der Waals surface area contributed by atoms with E-state index in [1.54, 1.807) is 48.9 Å². The van der Waals surface area contributed by atoms with Crippen LogP contribution in [0.15, 0.2) is 60.1 Å². The van der Waals surface area contributed by atoms with Crippen LogP contribution in [-0.4, -0.2) is 54.0 Å². The molecule has 0 saturated carbocycles. The van der Waals surface area contributed by atoms with E-state index < -0.39 is 40.9 Å². The highest BCUT2D eigenvalue weighted by molar-refractivity contribution is 8.04. The number of carbonyl (C=O) groups is 4. The van der Waals surface area contributed by atoms with Crippen molar-refractivity contribution < 1.29 is 28.7 Å². The van der Waals surface area contributed by atoms with Crippen molar-refractivity contribution >= 4 is 35.6 Å². The number of rotatable bonds is 9. The fourth-order valence-electron chi connectivity index (χ4n) is 4.48. The Morgan fingerprint density at radius 2 is 1.87 bits per heavy atom. The average Bonchev–Trinajstić information content (AvgIpc) is 3.51. The van der Waals surface area contributed by atoms with Gasteiger partial charge in [0.15, 0.2) is 0 Å². The van der Waals surface area contributed by atoms with Gasteiger partial charge in [0.05, 0.1) is 14.2 Å². The molecule has 0 spiro atoms. The zero-order valence-electron chi connectivity index (χ0n) is 21.5. The Labute approximate surface area is 225 Å². The summed E-state index contributed by atoms with van der Waals surface area (Å²) in [6.45, 7) is 4.01. The number of carbonyl (C=O) groups excluding carboxylic acids is 4. The highest BCUT2D eigenvalue weighted by atomic mass is 32.2. The van der Waals surface area contributed by atoms with Crippen LogP contribution in [0.25, 0.3) is 0 Å². The Bertz CT molecular complexity index is 1260. The van der Waals surface area contributed by atoms with Gasteiger partial charge in [0, 0.05) is 12.6 Å². The van der Waals surface area contributed by atoms with Crippen molar-refractivity contribution in [2.75, 3.05) is 14.2 Å². The lowest BCUT2D eigenvalue weighted by Crippen LogP contribution is -2.63. The number of imide groups is 1. The Morgan fingerprint density at radius 3 is 2.47 bits per heavy atom. The summed E-state index contributed by atoms with van der Waals surface area (Å²) < 4.78 is 10.3. The van der Waals surface area contributed by atoms with Crippen LogP contribution in [0.2, 0.25) is 0 Å². The van der Waals surface area contributed by atoms with Crippen molar-refractivity contribution in [3.05, 3.63) is 76.8 Å². The predicted octanol–water partition coefficient (Wildman–Crippen LogP) is 2.77. The summed E-state index contributed by atoms with van der Waals surface area (Å²) in [4.78, 5) is 52.5. The number of nitrogens with one attached hydrogen (secondary N) is 3. The molecule has 0 aromatic heterocycles. The summed E-state index contributed by atoms with van der Waals surface area (Å²) in [5.74, 6) is -1.19. The Kier molecular flexibility index (Phi) is 7.96. The maximum Gasteiger partial charge on any atom is 0.364 e. The molecular weight excluding hydrogens is 508 g/mol. The van der Waals surface area contributed by atoms with Crippen LogP contribution in [0.3, 0.4) is 0 Å². The van der Waals surface area contributed by atoms with E-state index in [1.165, 1.54) is 13.3 Å². The molecule has 200 valence electrons. The standard InChI is InChI=1S/C27H30N4O6S/c1-16(2)19-15-18(10-11-21(19)36-3)22-24(33)31(26(35)29-22)20(14-17-8-6-5-7-9-17)23(32)30-27(25(34)37-4)28-12-13-38-27/h5-13,15-16,20,22,28H,14H2,1-4H3,(H,29,35)(H,30,32)/t20-,22?,27?/m0/s1. The van der Waals surface area contributed by atoms with E-state index in [0.29, 0.717) is 11.3 Å². The van der Waals surface area contributed by atoms with E-state index in [-0.39, 0.29) is 12.3 Å². The van der Waals surface area contributed by atoms with Gasteiger partial charge in [-0.1, -0.05) is 62.0 Å². The van der Waals surface area contributed by atoms with E-state index in [4.69, 9.17) is 9.47 Å². The van der Waals surface area contributed by atoms with Crippen LogP contribution in [0.1, 0.15) is 42.5 Å². The quantitative estimate of drug-likeness (QED) is 0.329. The van der Waals surface area contributed by atoms with Gasteiger partial charge in [-0.15, -0.1) is 0 Å². The minimum absolute atomic E-state index is 0.0494. The molecule has 0 aliphatic carbocycles. The predicted molar refractivity (Wildman–Crippen MR) is 142 cm³/mol. The van der Waals surface area contributed by atoms with Crippen molar-refractivity contribution in [2.45, 2.75) is 43.3 Å². The first-order valence-electron chi connectivity index (χ1n) is 12.1. The highest BCUT2D eigenvalue weighted by Gasteiger charge is 2.49. The van der Waals surface area contributed by atoms with Crippen molar-refractivity contribution in [1.82, 2.24) is 20.9 Å². The molecule has 4 rings (SSSR count). The van der Waals surface area contributed by atoms with Crippen molar-refractivity contribution in [3.8, 4) is 5.75 Å². The third kappa shape index (κ3) is 5.19. The molecule has 2 aliphatic rings. The highest BCUT2D eigenvalue weighted by Crippen LogP contribution is 2.33. The van der Waals surface area contributed by atoms with Crippen LogP contribution in [0.5, 0.6) is 5.75 Å². The monoisotopic (exact) mass is 538 g/mol. The molecule has 2 aliphatic heterocycles. The second-order valence-corrected chi connectivity index (χ2v) is 10.3. The van der Waals surface area contributed by atoms with Crippen molar-refractivity contribution in [2.24, 2.45) is 0 Å². The number of ether oxygens (including phenoxy) is 2. The van der Waals surface area contributed by atoms with Gasteiger partial charge < -0.3 is 25.4 Å². The fourth-order valence-corrected chi connectivity index (χ4v) is 5.30. The summed E-state index contributed by atoms with van der Waals surface area (Å²) in [5, 5.41) is 9.79. The van der Waals surface area contributed by atoms with Crippen LogP contribution >= 0.6 is 11.8 Å². The third-order valence-corrected chi connectivity index (χ3v) is 7.45. The summed E-state index contributed by atoms with van der Waals surface area (Å²) in [5.41, 5.74) is 2.21. The largest absolute Gasteiger partial charge is 0.496 e. The molecule has 11 heteroatoms. The molecule has 10 nitrogen and oxygen atoms in total. The fraction of sp³-hybridized carbons (Fsp3) is 0.333. The van der Waals surface area contributed by atoms with Gasteiger partial charge in [0.1, 0.15) is 17.8 Å². The SMILES string of the molecule is COC(=O)C1(NC(=O)[C@H](Cc2ccccc2)N2C(=O)NC(c3ccc(OC)c(C(C)C)c3)C2=O)NC=CS1. The number of hydrogen-bond donors (Lipinski definition) is 3. The molecule has 4 amide bonds. The molecule has 2 aromatic rings. The number of esters is 1. The zero-order chi connectivity index (χ0) is 27.4. The van der Waals surface area contributed by atoms with Gasteiger partial charge >= 0.3 is 12.0 Å². The molecular formula is C27H30N4O6S. The first-order valence-corrected chi connectivity index (χ1v) is 12.9. The molecule has 1 fully saturated rings. The van der Waals surface area contributed by atoms with Crippen LogP contribution < -0.4 is 20.7 Å². The summed E-state index contributed by atoms with van der Waals surface area (Å²) in [6, 6.07) is 11.4. The lowest BCUT2D eigenvalue weighted by atomic mass is 9.96. The first kappa shape index (κ1) is 27.1. The summed E-state index contributed by atoms with van der Waals surface area (Å²) in [6.07, 6.45) is 1.56. The molecule has 38 heavy (non-hydrogen) atoms. The van der Waals surface area contributed by atoms with Gasteiger partial charge in [-0.3, -0.25) is 9.59 Å². The van der Waals surface area contributed by atoms with Gasteiger partial charge in [0.25, 0.3) is 10.9 Å². The second kappa shape index (κ2) is 11.2. The molecule has 2 heterocycles. The maximum atomic E-state index is 13.7. The lowest BCUT2D eigenvalue weighted by Gasteiger charge is -2.31. The molecule has 0 radical (unpaired) electrons. The van der Waals surface area contributed by atoms with Crippen LogP contribution in [0, 0.1) is 0 Å². The van der Waals surface area contributed by atoms with Crippen molar-refractivity contribution in [3.63, 3.8) is 0 Å². The van der Waals surface area contributed by atoms with E-state index in [0.717, 1.165) is 27.8 Å². The molecule has 1 saturated heterocycles. The Morgan fingerprint density at radius 1 is 1.13 bits per heavy atom. The lowest BCUT2D eigenvalue weighted by molar-refractivity contribution is -0.148. The third-order valence-electron chi connectivity index (χ3n) is 6.44. The van der Waals surface area contributed by atoms with Crippen molar-refractivity contribution in [1.29, 1.82) is 0 Å². The van der Waals surface area contributed by atoms with E-state index >= 15 is 0 Å². The Balaban J connectivity index is 1.67. The average molecular weight is 539 g/mol. The van der Waals surface area contributed by atoms with E-state index in [1.807, 2.05) is 26.0 Å². The van der Waals surface area contributed by atoms with Gasteiger partial charge in [-0.2, -0.15) is 0 Å². The minimum Gasteiger partial charge on any atom is -0.496 e. The minimum atomic E-state index is -1.61. The number of hydrogen-bond acceptors (Lipinski definition) is 8. The van der Waals surface area contributed by atoms with E-state index in [2.05, 4.69) is 16.0 Å². The number of benzene rings is 2. The molecule has 3 atom stereocenters. The number of nitrogens with zero attached hydrogens (tertiary/aromatic N) is 1.